The van der Waals surface area contributed by atoms with Crippen LogP contribution in [0.3, 0.4) is 0 Å². The molecule has 0 atom stereocenters. The molecule has 0 amide bonds. The summed E-state index contributed by atoms with van der Waals surface area (Å²) < 4.78 is 0. The van der Waals surface area contributed by atoms with Gasteiger partial charge in [0, 0.05) is 0 Å². The monoisotopic (exact) mass is 380 g/mol. The van der Waals surface area contributed by atoms with Crippen molar-refractivity contribution in [3.8, 4) is 33.4 Å². The van der Waals surface area contributed by atoms with Gasteiger partial charge >= 0.3 is 0 Å². The summed E-state index contributed by atoms with van der Waals surface area (Å²) in [7, 11) is 0. The van der Waals surface area contributed by atoms with E-state index in [9.17, 15) is 0 Å². The molecule has 0 saturated heterocycles. The van der Waals surface area contributed by atoms with Crippen molar-refractivity contribution in [3.63, 3.8) is 0 Å². The fourth-order valence-corrected chi connectivity index (χ4v) is 3.13. The molecule has 4 aromatic carbocycles. The molecule has 4 aromatic rings. The molecular formula is C29H32. The predicted octanol–water partition coefficient (Wildman–Crippen LogP) is 9.05. The third-order valence-electron chi connectivity index (χ3n) is 4.53. The predicted molar refractivity (Wildman–Crippen MR) is 130 cm³/mol. The van der Waals surface area contributed by atoms with E-state index in [-0.39, 0.29) is 0 Å². The van der Waals surface area contributed by atoms with Crippen LogP contribution in [-0.2, 0) is 0 Å². The van der Waals surface area contributed by atoms with Crippen molar-refractivity contribution in [1.29, 1.82) is 0 Å². The summed E-state index contributed by atoms with van der Waals surface area (Å²) in [6.45, 7) is 10.1. The quantitative estimate of drug-likeness (QED) is 0.332. The molecule has 0 aliphatic carbocycles. The normalized spacial score (nSPS) is 9.55. The molecule has 0 heteroatoms. The molecule has 0 aliphatic rings. The van der Waals surface area contributed by atoms with Crippen molar-refractivity contribution in [1.82, 2.24) is 0 Å². The van der Waals surface area contributed by atoms with E-state index in [1.807, 2.05) is 27.7 Å². The van der Waals surface area contributed by atoms with E-state index in [0.29, 0.717) is 0 Å². The Hall–Kier alpha value is -3.12. The third-order valence-corrected chi connectivity index (χ3v) is 4.53. The van der Waals surface area contributed by atoms with Crippen LogP contribution in [0.5, 0.6) is 0 Å². The minimum absolute atomic E-state index is 1.24. The highest BCUT2D eigenvalue weighted by molar-refractivity contribution is 5.81. The van der Waals surface area contributed by atoms with E-state index in [0.717, 1.165) is 0 Å². The van der Waals surface area contributed by atoms with Gasteiger partial charge < -0.3 is 0 Å². The first-order chi connectivity index (χ1) is 14.3. The third kappa shape index (κ3) is 5.93. The van der Waals surface area contributed by atoms with Crippen LogP contribution < -0.4 is 0 Å². The Morgan fingerprint density at radius 3 is 1.00 bits per heavy atom. The Morgan fingerprint density at radius 1 is 0.345 bits per heavy atom. The fraction of sp³-hybridized carbons (Fsp3) is 0.172. The smallest absolute Gasteiger partial charge is 0.0172 e. The summed E-state index contributed by atoms with van der Waals surface area (Å²) in [5.41, 5.74) is 8.77. The van der Waals surface area contributed by atoms with Crippen molar-refractivity contribution >= 4 is 0 Å². The van der Waals surface area contributed by atoms with Crippen LogP contribution in [-0.4, -0.2) is 0 Å². The molecule has 0 bridgehead atoms. The molecule has 0 radical (unpaired) electrons. The molecule has 0 saturated carbocycles. The highest BCUT2D eigenvalue weighted by Crippen LogP contribution is 2.32. The standard InChI is InChI=1S/C25H20.2C2H6/c1-19-12-14-22(15-13-19)25-17-23(20-8-4-2-5-9-20)16-24(18-25)21-10-6-3-7-11-21;2*1-2/h2-18H,1H3;2*1-2H3. The maximum Gasteiger partial charge on any atom is -0.0172 e. The zero-order valence-electron chi connectivity index (χ0n) is 18.3. The van der Waals surface area contributed by atoms with E-state index < -0.39 is 0 Å². The second kappa shape index (κ2) is 11.7. The van der Waals surface area contributed by atoms with Gasteiger partial charge in [-0.05, 0) is 58.5 Å². The summed E-state index contributed by atoms with van der Waals surface area (Å²) in [4.78, 5) is 0. The molecule has 0 spiro atoms. The zero-order valence-corrected chi connectivity index (χ0v) is 18.3. The second-order valence-corrected chi connectivity index (χ2v) is 6.40. The fourth-order valence-electron chi connectivity index (χ4n) is 3.13. The average molecular weight is 381 g/mol. The van der Waals surface area contributed by atoms with Gasteiger partial charge in [0.2, 0.25) is 0 Å². The van der Waals surface area contributed by atoms with Crippen LogP contribution in [0, 0.1) is 6.92 Å². The number of rotatable bonds is 3. The molecule has 0 fully saturated rings. The highest BCUT2D eigenvalue weighted by atomic mass is 14.1. The molecule has 0 aromatic heterocycles. The lowest BCUT2D eigenvalue weighted by atomic mass is 9.93. The van der Waals surface area contributed by atoms with Crippen molar-refractivity contribution in [2.75, 3.05) is 0 Å². The van der Waals surface area contributed by atoms with Gasteiger partial charge in [-0.25, -0.2) is 0 Å². The van der Waals surface area contributed by atoms with Gasteiger partial charge in [0.1, 0.15) is 0 Å². The van der Waals surface area contributed by atoms with Gasteiger partial charge in [-0.3, -0.25) is 0 Å². The van der Waals surface area contributed by atoms with Crippen LogP contribution in [0.2, 0.25) is 0 Å². The minimum atomic E-state index is 1.24. The first-order valence-corrected chi connectivity index (χ1v) is 10.6. The topological polar surface area (TPSA) is 0 Å². The van der Waals surface area contributed by atoms with Crippen molar-refractivity contribution in [2.24, 2.45) is 0 Å². The molecule has 0 aliphatic heterocycles. The van der Waals surface area contributed by atoms with Gasteiger partial charge in [0.15, 0.2) is 0 Å². The Kier molecular flexibility index (Phi) is 8.92. The Labute approximate surface area is 176 Å². The Bertz CT molecular complexity index is 908. The number of hydrogen-bond donors (Lipinski definition) is 0. The molecule has 148 valence electrons. The van der Waals surface area contributed by atoms with Crippen LogP contribution in [0.4, 0.5) is 0 Å². The van der Waals surface area contributed by atoms with E-state index in [2.05, 4.69) is 110 Å². The molecule has 0 unspecified atom stereocenters. The molecule has 4 rings (SSSR count). The summed E-state index contributed by atoms with van der Waals surface area (Å²) in [5.74, 6) is 0. The summed E-state index contributed by atoms with van der Waals surface area (Å²) in [6, 6.07) is 36.8. The molecule has 29 heavy (non-hydrogen) atoms. The first kappa shape index (κ1) is 22.2. The summed E-state index contributed by atoms with van der Waals surface area (Å²) in [5, 5.41) is 0. The lowest BCUT2D eigenvalue weighted by Gasteiger charge is -2.11. The number of benzene rings is 4. The second-order valence-electron chi connectivity index (χ2n) is 6.40. The lowest BCUT2D eigenvalue weighted by molar-refractivity contribution is 1.47. The molecular weight excluding hydrogens is 348 g/mol. The van der Waals surface area contributed by atoms with Gasteiger partial charge in [-0.2, -0.15) is 0 Å². The molecule has 0 heterocycles. The number of aryl methyl sites for hydroxylation is 1. The van der Waals surface area contributed by atoms with E-state index in [4.69, 9.17) is 0 Å². The highest BCUT2D eigenvalue weighted by Gasteiger charge is 2.07. The van der Waals surface area contributed by atoms with Crippen molar-refractivity contribution in [3.05, 3.63) is 109 Å². The maximum absolute atomic E-state index is 2.28. The lowest BCUT2D eigenvalue weighted by Crippen LogP contribution is -1.86. The van der Waals surface area contributed by atoms with Crippen LogP contribution in [0.15, 0.2) is 103 Å². The van der Waals surface area contributed by atoms with E-state index in [1.54, 1.807) is 0 Å². The molecule has 0 N–H and O–H groups in total. The van der Waals surface area contributed by atoms with Crippen LogP contribution in [0.1, 0.15) is 33.3 Å². The van der Waals surface area contributed by atoms with Crippen molar-refractivity contribution < 1.29 is 0 Å². The maximum atomic E-state index is 2.28. The first-order valence-electron chi connectivity index (χ1n) is 10.6. The molecule has 0 nitrogen and oxygen atoms in total. The SMILES string of the molecule is CC.CC.Cc1ccc(-c2cc(-c3ccccc3)cc(-c3ccccc3)c2)cc1. The Morgan fingerprint density at radius 2 is 0.655 bits per heavy atom. The van der Waals surface area contributed by atoms with E-state index in [1.165, 1.54) is 38.9 Å². The minimum Gasteiger partial charge on any atom is -0.0683 e. The van der Waals surface area contributed by atoms with Crippen LogP contribution >= 0.6 is 0 Å². The van der Waals surface area contributed by atoms with Gasteiger partial charge in [-0.1, -0.05) is 118 Å². The van der Waals surface area contributed by atoms with E-state index >= 15 is 0 Å². The Balaban J connectivity index is 0.000000707. The van der Waals surface area contributed by atoms with Gasteiger partial charge in [0.25, 0.3) is 0 Å². The average Bonchev–Trinajstić information content (AvgIpc) is 2.83. The van der Waals surface area contributed by atoms with Crippen LogP contribution in [0.25, 0.3) is 33.4 Å². The number of hydrogen-bond acceptors (Lipinski definition) is 0. The van der Waals surface area contributed by atoms with Gasteiger partial charge in [0.05, 0.1) is 0 Å². The summed E-state index contributed by atoms with van der Waals surface area (Å²) >= 11 is 0. The zero-order chi connectivity index (χ0) is 21.1. The summed E-state index contributed by atoms with van der Waals surface area (Å²) in [6.07, 6.45) is 0. The largest absolute Gasteiger partial charge is 0.0683 e. The van der Waals surface area contributed by atoms with Crippen molar-refractivity contribution in [2.45, 2.75) is 34.6 Å². The van der Waals surface area contributed by atoms with Gasteiger partial charge in [-0.15, -0.1) is 0 Å².